The molecule has 0 aliphatic carbocycles. The predicted octanol–water partition coefficient (Wildman–Crippen LogP) is 4.50. The van der Waals surface area contributed by atoms with E-state index >= 15 is 0 Å². The minimum atomic E-state index is -0.332. The second kappa shape index (κ2) is 7.90. The van der Waals surface area contributed by atoms with E-state index in [1.165, 1.54) is 12.1 Å². The van der Waals surface area contributed by atoms with Gasteiger partial charge in [-0.15, -0.1) is 0 Å². The van der Waals surface area contributed by atoms with Crippen molar-refractivity contribution in [3.63, 3.8) is 0 Å². The highest BCUT2D eigenvalue weighted by Crippen LogP contribution is 2.23. The van der Waals surface area contributed by atoms with E-state index in [9.17, 15) is 9.18 Å². The molecule has 0 saturated heterocycles. The minimum Gasteiger partial charge on any atom is -0.457 e. The number of ether oxygens (including phenoxy) is 1. The molecule has 1 atom stereocenters. The Kier molecular flexibility index (Phi) is 5.90. The number of halogens is 2. The molecule has 0 amide bonds. The lowest BCUT2D eigenvalue weighted by Crippen LogP contribution is -2.11. The van der Waals surface area contributed by atoms with E-state index in [0.717, 1.165) is 11.1 Å². The lowest BCUT2D eigenvalue weighted by molar-refractivity contribution is -0.149. The van der Waals surface area contributed by atoms with Crippen molar-refractivity contribution in [2.75, 3.05) is 0 Å². The molecule has 0 aliphatic rings. The third-order valence-electron chi connectivity index (χ3n) is 3.30. The van der Waals surface area contributed by atoms with Crippen molar-refractivity contribution in [3.8, 4) is 0 Å². The summed E-state index contributed by atoms with van der Waals surface area (Å²) in [5.74, 6) is -0.573. The van der Waals surface area contributed by atoms with E-state index in [1.807, 2.05) is 6.92 Å². The molecule has 2 aromatic rings. The van der Waals surface area contributed by atoms with Gasteiger partial charge in [0.15, 0.2) is 0 Å². The van der Waals surface area contributed by atoms with Crippen LogP contribution >= 0.6 is 11.6 Å². The topological polar surface area (TPSA) is 39.2 Å². The van der Waals surface area contributed by atoms with Gasteiger partial charge in [0, 0.05) is 12.6 Å². The Hall–Kier alpha value is -1.94. The fraction of sp³-hybridized carbons (Fsp3) is 0.294. The number of pyridine rings is 1. The Bertz CT molecular complexity index is 631. The number of nitrogens with zero attached hydrogens (tertiary/aromatic N) is 1. The van der Waals surface area contributed by atoms with Gasteiger partial charge in [-0.2, -0.15) is 0 Å². The van der Waals surface area contributed by atoms with Gasteiger partial charge in [-0.25, -0.2) is 9.37 Å². The molecule has 1 heterocycles. The van der Waals surface area contributed by atoms with Gasteiger partial charge < -0.3 is 4.74 Å². The van der Waals surface area contributed by atoms with Gasteiger partial charge in [-0.05, 0) is 48.2 Å². The maximum Gasteiger partial charge on any atom is 0.306 e. The molecule has 0 fully saturated rings. The summed E-state index contributed by atoms with van der Waals surface area (Å²) in [6, 6.07) is 9.59. The average Bonchev–Trinajstić information content (AvgIpc) is 2.52. The van der Waals surface area contributed by atoms with Crippen LogP contribution in [0.3, 0.4) is 0 Å². The smallest absolute Gasteiger partial charge is 0.306 e. The first-order valence-corrected chi connectivity index (χ1v) is 7.51. The molecule has 0 N–H and O–H groups in total. The molecule has 0 bridgehead atoms. The molecule has 0 unspecified atom stereocenters. The Morgan fingerprint density at radius 1 is 1.32 bits per heavy atom. The van der Waals surface area contributed by atoms with Gasteiger partial charge in [0.1, 0.15) is 17.1 Å². The van der Waals surface area contributed by atoms with Crippen LogP contribution in [0.25, 0.3) is 0 Å². The molecule has 1 aromatic heterocycles. The normalized spacial score (nSPS) is 12.0. The van der Waals surface area contributed by atoms with Crippen LogP contribution in [0.4, 0.5) is 4.39 Å². The van der Waals surface area contributed by atoms with Crippen LogP contribution in [0.5, 0.6) is 0 Å². The quantitative estimate of drug-likeness (QED) is 0.581. The number of aryl methyl sites for hydroxylation is 1. The maximum absolute atomic E-state index is 12.8. The molecule has 0 spiro atoms. The maximum atomic E-state index is 12.8. The summed E-state index contributed by atoms with van der Waals surface area (Å²) in [6.07, 6.45) is 2.68. The largest absolute Gasteiger partial charge is 0.457 e. The van der Waals surface area contributed by atoms with Gasteiger partial charge in [-0.1, -0.05) is 30.7 Å². The van der Waals surface area contributed by atoms with E-state index in [-0.39, 0.29) is 24.3 Å². The van der Waals surface area contributed by atoms with Crippen molar-refractivity contribution in [1.29, 1.82) is 0 Å². The fourth-order valence-electron chi connectivity index (χ4n) is 2.12. The molecule has 3 nitrogen and oxygen atoms in total. The standard InChI is InChI=1S/C17H17ClFNO2/c1-2-15(13-9-10-20-16(18)11-13)22-17(21)8-5-12-3-6-14(19)7-4-12/h3-4,6-7,9-11,15H,2,5,8H2,1H3/t15-/m0/s1. The first-order valence-electron chi connectivity index (χ1n) is 7.14. The monoisotopic (exact) mass is 321 g/mol. The molecular formula is C17H17ClFNO2. The summed E-state index contributed by atoms with van der Waals surface area (Å²) in [6.45, 7) is 1.94. The number of esters is 1. The Morgan fingerprint density at radius 2 is 2.05 bits per heavy atom. The number of hydrogen-bond acceptors (Lipinski definition) is 3. The van der Waals surface area contributed by atoms with E-state index in [2.05, 4.69) is 4.98 Å². The Balaban J connectivity index is 1.90. The van der Waals surface area contributed by atoms with E-state index in [4.69, 9.17) is 16.3 Å². The zero-order chi connectivity index (χ0) is 15.9. The first kappa shape index (κ1) is 16.4. The van der Waals surface area contributed by atoms with Crippen LogP contribution in [0, 0.1) is 5.82 Å². The highest BCUT2D eigenvalue weighted by atomic mass is 35.5. The van der Waals surface area contributed by atoms with Crippen LogP contribution in [0.15, 0.2) is 42.6 Å². The van der Waals surface area contributed by atoms with Crippen molar-refractivity contribution in [2.45, 2.75) is 32.3 Å². The van der Waals surface area contributed by atoms with Gasteiger partial charge in [0.2, 0.25) is 0 Å². The lowest BCUT2D eigenvalue weighted by atomic mass is 10.1. The van der Waals surface area contributed by atoms with E-state index in [1.54, 1.807) is 30.5 Å². The zero-order valence-electron chi connectivity index (χ0n) is 12.3. The molecule has 0 radical (unpaired) electrons. The molecule has 0 aliphatic heterocycles. The molecule has 116 valence electrons. The van der Waals surface area contributed by atoms with Crippen molar-refractivity contribution in [1.82, 2.24) is 4.98 Å². The minimum absolute atomic E-state index is 0.251. The van der Waals surface area contributed by atoms with Gasteiger partial charge in [0.25, 0.3) is 0 Å². The number of hydrogen-bond donors (Lipinski definition) is 0. The Morgan fingerprint density at radius 3 is 2.68 bits per heavy atom. The van der Waals surface area contributed by atoms with E-state index < -0.39 is 0 Å². The van der Waals surface area contributed by atoms with Crippen LogP contribution in [0.2, 0.25) is 5.15 Å². The zero-order valence-corrected chi connectivity index (χ0v) is 13.0. The average molecular weight is 322 g/mol. The van der Waals surface area contributed by atoms with Crippen LogP contribution < -0.4 is 0 Å². The number of carbonyl (C=O) groups is 1. The lowest BCUT2D eigenvalue weighted by Gasteiger charge is -2.16. The summed E-state index contributed by atoms with van der Waals surface area (Å²) in [5, 5.41) is 0.373. The molecule has 5 heteroatoms. The molecular weight excluding hydrogens is 305 g/mol. The van der Waals surface area contributed by atoms with E-state index in [0.29, 0.717) is 18.0 Å². The SMILES string of the molecule is CC[C@H](OC(=O)CCc1ccc(F)cc1)c1ccnc(Cl)c1. The third-order valence-corrected chi connectivity index (χ3v) is 3.50. The predicted molar refractivity (Wildman–Crippen MR) is 83.1 cm³/mol. The summed E-state index contributed by atoms with van der Waals surface area (Å²) < 4.78 is 18.3. The van der Waals surface area contributed by atoms with Crippen LogP contribution in [-0.4, -0.2) is 11.0 Å². The third kappa shape index (κ3) is 4.81. The van der Waals surface area contributed by atoms with Crippen molar-refractivity contribution >= 4 is 17.6 Å². The van der Waals surface area contributed by atoms with Crippen molar-refractivity contribution in [3.05, 3.63) is 64.7 Å². The fourth-order valence-corrected chi connectivity index (χ4v) is 2.30. The van der Waals surface area contributed by atoms with Crippen LogP contribution in [-0.2, 0) is 16.0 Å². The summed E-state index contributed by atoms with van der Waals surface area (Å²) in [5.41, 5.74) is 1.73. The van der Waals surface area contributed by atoms with Gasteiger partial charge in [-0.3, -0.25) is 4.79 Å². The second-order valence-electron chi connectivity index (χ2n) is 4.93. The summed E-state index contributed by atoms with van der Waals surface area (Å²) in [7, 11) is 0. The second-order valence-corrected chi connectivity index (χ2v) is 5.31. The summed E-state index contributed by atoms with van der Waals surface area (Å²) >= 11 is 5.85. The highest BCUT2D eigenvalue weighted by Gasteiger charge is 2.15. The van der Waals surface area contributed by atoms with Crippen LogP contribution in [0.1, 0.15) is 37.0 Å². The van der Waals surface area contributed by atoms with Gasteiger partial charge in [0.05, 0.1) is 0 Å². The highest BCUT2D eigenvalue weighted by molar-refractivity contribution is 6.29. The molecule has 22 heavy (non-hydrogen) atoms. The number of rotatable bonds is 6. The van der Waals surface area contributed by atoms with Crippen molar-refractivity contribution in [2.24, 2.45) is 0 Å². The Labute approximate surface area is 134 Å². The number of carbonyl (C=O) groups excluding carboxylic acids is 1. The van der Waals surface area contributed by atoms with Gasteiger partial charge >= 0.3 is 5.97 Å². The van der Waals surface area contributed by atoms with Crippen molar-refractivity contribution < 1.29 is 13.9 Å². The molecule has 2 rings (SSSR count). The first-order chi connectivity index (χ1) is 10.6. The number of benzene rings is 1. The molecule has 0 saturated carbocycles. The summed E-state index contributed by atoms with van der Waals surface area (Å²) in [4.78, 5) is 15.9. The number of aromatic nitrogens is 1. The molecule has 1 aromatic carbocycles.